The van der Waals surface area contributed by atoms with Crippen molar-refractivity contribution >= 4 is 0 Å². The molecule has 1 aromatic heterocycles. The van der Waals surface area contributed by atoms with Gasteiger partial charge < -0.3 is 20.1 Å². The number of hydrogen-bond acceptors (Lipinski definition) is 4. The van der Waals surface area contributed by atoms with Gasteiger partial charge in [-0.25, -0.2) is 4.98 Å². The number of likely N-dealkylation sites (N-methyl/N-ethyl adjacent to an activating group) is 2. The van der Waals surface area contributed by atoms with E-state index in [4.69, 9.17) is 5.73 Å². The second-order valence-corrected chi connectivity index (χ2v) is 5.82. The zero-order valence-electron chi connectivity index (χ0n) is 12.4. The van der Waals surface area contributed by atoms with Gasteiger partial charge in [0.05, 0.1) is 0 Å². The lowest BCUT2D eigenvalue weighted by Gasteiger charge is -2.32. The monoisotopic (exact) mass is 265 g/mol. The first-order chi connectivity index (χ1) is 9.08. The van der Waals surface area contributed by atoms with Crippen LogP contribution in [0.4, 0.5) is 0 Å². The molecule has 108 valence electrons. The Labute approximate surface area is 116 Å². The maximum absolute atomic E-state index is 6.43. The normalized spacial score (nSPS) is 24.3. The van der Waals surface area contributed by atoms with Gasteiger partial charge in [-0.1, -0.05) is 0 Å². The van der Waals surface area contributed by atoms with Crippen LogP contribution in [-0.4, -0.2) is 65.2 Å². The molecule has 0 aliphatic carbocycles. The van der Waals surface area contributed by atoms with Crippen molar-refractivity contribution < 1.29 is 0 Å². The Morgan fingerprint density at radius 1 is 1.37 bits per heavy atom. The summed E-state index contributed by atoms with van der Waals surface area (Å²) in [5.74, 6) is 1.13. The van der Waals surface area contributed by atoms with Gasteiger partial charge in [0.1, 0.15) is 5.82 Å². The molecule has 2 rings (SSSR count). The van der Waals surface area contributed by atoms with Crippen LogP contribution in [0.3, 0.4) is 0 Å². The minimum absolute atomic E-state index is 0.210. The Bertz CT molecular complexity index is 389. The van der Waals surface area contributed by atoms with Crippen molar-refractivity contribution in [1.82, 2.24) is 19.4 Å². The highest BCUT2D eigenvalue weighted by atomic mass is 15.2. The number of hydrogen-bond donors (Lipinski definition) is 1. The Morgan fingerprint density at radius 3 is 2.84 bits per heavy atom. The van der Waals surface area contributed by atoms with Crippen LogP contribution < -0.4 is 5.73 Å². The van der Waals surface area contributed by atoms with E-state index in [1.54, 1.807) is 0 Å². The molecule has 2 heterocycles. The predicted octanol–water partition coefficient (Wildman–Crippen LogP) is 0.316. The summed E-state index contributed by atoms with van der Waals surface area (Å²) in [5.41, 5.74) is 6.43. The molecule has 0 aromatic carbocycles. The van der Waals surface area contributed by atoms with Crippen LogP contribution in [0.25, 0.3) is 0 Å². The molecule has 0 amide bonds. The molecule has 5 nitrogen and oxygen atoms in total. The smallest absolute Gasteiger partial charge is 0.108 e. The van der Waals surface area contributed by atoms with Gasteiger partial charge in [0.25, 0.3) is 0 Å². The van der Waals surface area contributed by atoms with Gasteiger partial charge in [0, 0.05) is 44.5 Å². The number of nitrogens with two attached hydrogens (primary N) is 1. The van der Waals surface area contributed by atoms with E-state index in [-0.39, 0.29) is 6.04 Å². The van der Waals surface area contributed by atoms with E-state index in [2.05, 4.69) is 33.4 Å². The molecule has 0 radical (unpaired) electrons. The van der Waals surface area contributed by atoms with E-state index in [0.29, 0.717) is 6.04 Å². The number of rotatable bonds is 4. The largest absolute Gasteiger partial charge is 0.338 e. The lowest BCUT2D eigenvalue weighted by molar-refractivity contribution is 0.191. The molecule has 0 bridgehead atoms. The number of aryl methyl sites for hydroxylation is 2. The molecule has 1 aliphatic rings. The summed E-state index contributed by atoms with van der Waals surface area (Å²) < 4.78 is 2.08. The van der Waals surface area contributed by atoms with Crippen LogP contribution in [-0.2, 0) is 13.5 Å². The second kappa shape index (κ2) is 6.50. The quantitative estimate of drug-likeness (QED) is 0.851. The zero-order chi connectivity index (χ0) is 13.8. The van der Waals surface area contributed by atoms with E-state index in [9.17, 15) is 0 Å². The molecule has 1 saturated heterocycles. The standard InChI is InChI=1S/C14H27N5/c1-17-8-4-9-18(2)13(11-17)12(15)5-6-14-16-7-10-19(14)3/h7,10,12-13H,4-6,8-9,11,15H2,1-3H3. The van der Waals surface area contributed by atoms with E-state index in [1.807, 2.05) is 19.4 Å². The number of imidazole rings is 1. The molecular weight excluding hydrogens is 238 g/mol. The summed E-state index contributed by atoms with van der Waals surface area (Å²) in [7, 11) is 6.43. The molecule has 2 atom stereocenters. The van der Waals surface area contributed by atoms with Gasteiger partial charge >= 0.3 is 0 Å². The summed E-state index contributed by atoms with van der Waals surface area (Å²) in [6.07, 6.45) is 7.03. The summed E-state index contributed by atoms with van der Waals surface area (Å²) in [6, 6.07) is 0.662. The van der Waals surface area contributed by atoms with Gasteiger partial charge in [-0.15, -0.1) is 0 Å². The highest BCUT2D eigenvalue weighted by Crippen LogP contribution is 2.13. The van der Waals surface area contributed by atoms with E-state index < -0.39 is 0 Å². The summed E-state index contributed by atoms with van der Waals surface area (Å²) in [5, 5.41) is 0. The van der Waals surface area contributed by atoms with Crippen molar-refractivity contribution in [2.24, 2.45) is 12.8 Å². The highest BCUT2D eigenvalue weighted by Gasteiger charge is 2.26. The zero-order valence-corrected chi connectivity index (χ0v) is 12.4. The van der Waals surface area contributed by atoms with Crippen LogP contribution in [0.5, 0.6) is 0 Å². The van der Waals surface area contributed by atoms with Crippen LogP contribution in [0, 0.1) is 0 Å². The lowest BCUT2D eigenvalue weighted by Crippen LogP contribution is -2.50. The molecule has 2 N–H and O–H groups in total. The van der Waals surface area contributed by atoms with E-state index in [1.165, 1.54) is 13.0 Å². The first kappa shape index (κ1) is 14.5. The van der Waals surface area contributed by atoms with Crippen molar-refractivity contribution in [2.45, 2.75) is 31.3 Å². The fraction of sp³-hybridized carbons (Fsp3) is 0.786. The average molecular weight is 265 g/mol. The third-order valence-electron chi connectivity index (χ3n) is 4.23. The first-order valence-electron chi connectivity index (χ1n) is 7.18. The van der Waals surface area contributed by atoms with E-state index >= 15 is 0 Å². The summed E-state index contributed by atoms with van der Waals surface area (Å²) >= 11 is 0. The van der Waals surface area contributed by atoms with Crippen molar-refractivity contribution in [3.05, 3.63) is 18.2 Å². The second-order valence-electron chi connectivity index (χ2n) is 5.82. The Kier molecular flexibility index (Phi) is 4.96. The molecule has 5 heteroatoms. The van der Waals surface area contributed by atoms with Gasteiger partial charge in [-0.2, -0.15) is 0 Å². The van der Waals surface area contributed by atoms with Gasteiger partial charge in [0.15, 0.2) is 0 Å². The summed E-state index contributed by atoms with van der Waals surface area (Å²) in [6.45, 7) is 3.39. The first-order valence-corrected chi connectivity index (χ1v) is 7.18. The van der Waals surface area contributed by atoms with Crippen LogP contribution >= 0.6 is 0 Å². The Hall–Kier alpha value is -0.910. The average Bonchev–Trinajstić information content (AvgIpc) is 2.70. The van der Waals surface area contributed by atoms with Crippen molar-refractivity contribution in [3.8, 4) is 0 Å². The molecule has 19 heavy (non-hydrogen) atoms. The third-order valence-corrected chi connectivity index (χ3v) is 4.23. The molecule has 2 unspecified atom stereocenters. The van der Waals surface area contributed by atoms with Crippen molar-refractivity contribution in [2.75, 3.05) is 33.7 Å². The molecular formula is C14H27N5. The fourth-order valence-corrected chi connectivity index (χ4v) is 2.89. The van der Waals surface area contributed by atoms with Gasteiger partial charge in [0.2, 0.25) is 0 Å². The SMILES string of the molecule is CN1CCCN(C)C(C(N)CCc2nccn2C)C1. The van der Waals surface area contributed by atoms with Crippen LogP contribution in [0.2, 0.25) is 0 Å². The Morgan fingerprint density at radius 2 is 2.16 bits per heavy atom. The molecule has 0 spiro atoms. The molecule has 1 aliphatic heterocycles. The van der Waals surface area contributed by atoms with Crippen LogP contribution in [0.15, 0.2) is 12.4 Å². The molecule has 1 fully saturated rings. The predicted molar refractivity (Wildman–Crippen MR) is 78.0 cm³/mol. The minimum Gasteiger partial charge on any atom is -0.338 e. The van der Waals surface area contributed by atoms with Gasteiger partial charge in [-0.05, 0) is 40.0 Å². The third kappa shape index (κ3) is 3.78. The Balaban J connectivity index is 1.90. The fourth-order valence-electron chi connectivity index (χ4n) is 2.89. The molecule has 0 saturated carbocycles. The maximum Gasteiger partial charge on any atom is 0.108 e. The summed E-state index contributed by atoms with van der Waals surface area (Å²) in [4.78, 5) is 9.19. The van der Waals surface area contributed by atoms with Crippen molar-refractivity contribution in [3.63, 3.8) is 0 Å². The lowest BCUT2D eigenvalue weighted by atomic mass is 10.0. The minimum atomic E-state index is 0.210. The van der Waals surface area contributed by atoms with Crippen molar-refractivity contribution in [1.29, 1.82) is 0 Å². The van der Waals surface area contributed by atoms with Gasteiger partial charge in [-0.3, -0.25) is 0 Å². The van der Waals surface area contributed by atoms with Crippen LogP contribution in [0.1, 0.15) is 18.7 Å². The number of aromatic nitrogens is 2. The topological polar surface area (TPSA) is 50.3 Å². The van der Waals surface area contributed by atoms with E-state index in [0.717, 1.165) is 31.8 Å². The number of nitrogens with zero attached hydrogens (tertiary/aromatic N) is 4. The maximum atomic E-state index is 6.43. The molecule has 1 aromatic rings. The highest BCUT2D eigenvalue weighted by molar-refractivity contribution is 4.94.